The molecule has 3 rings (SSSR count). The second-order valence-electron chi connectivity index (χ2n) is 6.03. The van der Waals surface area contributed by atoms with Crippen LogP contribution < -0.4 is 5.32 Å². The van der Waals surface area contributed by atoms with E-state index in [2.05, 4.69) is 73.8 Å². The number of allylic oxidation sites excluding steroid dienone is 1. The predicted octanol–water partition coefficient (Wildman–Crippen LogP) is 5.35. The monoisotopic (exact) mass is 277 g/mol. The summed E-state index contributed by atoms with van der Waals surface area (Å²) < 4.78 is 0. The van der Waals surface area contributed by atoms with E-state index in [4.69, 9.17) is 0 Å². The van der Waals surface area contributed by atoms with Gasteiger partial charge in [0.1, 0.15) is 0 Å². The molecular weight excluding hydrogens is 254 g/mol. The third kappa shape index (κ3) is 3.36. The highest BCUT2D eigenvalue weighted by molar-refractivity contribution is 5.73. The van der Waals surface area contributed by atoms with Gasteiger partial charge in [-0.2, -0.15) is 0 Å². The molecule has 0 aliphatic heterocycles. The van der Waals surface area contributed by atoms with Crippen LogP contribution in [0.15, 0.2) is 54.6 Å². The molecule has 2 aromatic rings. The summed E-state index contributed by atoms with van der Waals surface area (Å²) in [5.41, 5.74) is 6.67. The lowest BCUT2D eigenvalue weighted by Gasteiger charge is -2.27. The molecular formula is C20H23N. The summed E-state index contributed by atoms with van der Waals surface area (Å²) in [5, 5.41) is 3.74. The lowest BCUT2D eigenvalue weighted by molar-refractivity contribution is 0.687. The van der Waals surface area contributed by atoms with Crippen LogP contribution in [0, 0.1) is 13.8 Å². The molecule has 0 spiro atoms. The molecule has 0 saturated carbocycles. The van der Waals surface area contributed by atoms with Gasteiger partial charge in [-0.1, -0.05) is 42.5 Å². The predicted molar refractivity (Wildman–Crippen MR) is 91.6 cm³/mol. The van der Waals surface area contributed by atoms with Gasteiger partial charge < -0.3 is 5.32 Å². The van der Waals surface area contributed by atoms with Crippen molar-refractivity contribution in [3.63, 3.8) is 0 Å². The standard InChI is InChI=1S/C20H23N/c1-15-12-16(2)14-18(13-15)21-20-11-7-6-10-19(20)17-8-4-3-5-9-17/h3-5,8-10,12-14,20-21H,6-7,11H2,1-2H3. The molecule has 1 nitrogen and oxygen atoms in total. The Kier molecular flexibility index (Phi) is 4.10. The van der Waals surface area contributed by atoms with Gasteiger partial charge in [0.25, 0.3) is 0 Å². The van der Waals surface area contributed by atoms with Crippen molar-refractivity contribution in [2.45, 2.75) is 39.2 Å². The van der Waals surface area contributed by atoms with Crippen LogP contribution in [-0.2, 0) is 0 Å². The molecule has 1 heteroatoms. The molecule has 2 aromatic carbocycles. The molecule has 0 saturated heterocycles. The third-order valence-electron chi connectivity index (χ3n) is 4.11. The quantitative estimate of drug-likeness (QED) is 0.797. The first kappa shape index (κ1) is 13.9. The minimum absolute atomic E-state index is 0.419. The summed E-state index contributed by atoms with van der Waals surface area (Å²) in [6, 6.07) is 17.9. The smallest absolute Gasteiger partial charge is 0.0516 e. The summed E-state index contributed by atoms with van der Waals surface area (Å²) in [6.07, 6.45) is 6.06. The Morgan fingerprint density at radius 2 is 1.67 bits per heavy atom. The molecule has 21 heavy (non-hydrogen) atoms. The van der Waals surface area contributed by atoms with Gasteiger partial charge >= 0.3 is 0 Å². The van der Waals surface area contributed by atoms with E-state index >= 15 is 0 Å². The Morgan fingerprint density at radius 1 is 0.952 bits per heavy atom. The number of anilines is 1. The molecule has 1 N–H and O–H groups in total. The summed E-state index contributed by atoms with van der Waals surface area (Å²) in [6.45, 7) is 4.32. The fourth-order valence-electron chi connectivity index (χ4n) is 3.24. The van der Waals surface area contributed by atoms with Crippen molar-refractivity contribution in [3.05, 3.63) is 71.3 Å². The third-order valence-corrected chi connectivity index (χ3v) is 4.11. The van der Waals surface area contributed by atoms with Crippen molar-refractivity contribution in [1.82, 2.24) is 0 Å². The van der Waals surface area contributed by atoms with Gasteiger partial charge in [-0.05, 0) is 67.5 Å². The summed E-state index contributed by atoms with van der Waals surface area (Å²) in [7, 11) is 0. The summed E-state index contributed by atoms with van der Waals surface area (Å²) in [4.78, 5) is 0. The number of aryl methyl sites for hydroxylation is 2. The van der Waals surface area contributed by atoms with Crippen LogP contribution in [0.3, 0.4) is 0 Å². The summed E-state index contributed by atoms with van der Waals surface area (Å²) in [5.74, 6) is 0. The zero-order valence-corrected chi connectivity index (χ0v) is 12.9. The van der Waals surface area contributed by atoms with E-state index in [0.717, 1.165) is 0 Å². The Labute approximate surface area is 127 Å². The van der Waals surface area contributed by atoms with E-state index in [-0.39, 0.29) is 0 Å². The molecule has 1 unspecified atom stereocenters. The molecule has 0 heterocycles. The number of nitrogens with one attached hydrogen (secondary N) is 1. The van der Waals surface area contributed by atoms with Crippen molar-refractivity contribution in [3.8, 4) is 0 Å². The zero-order valence-electron chi connectivity index (χ0n) is 12.9. The first-order valence-corrected chi connectivity index (χ1v) is 7.83. The minimum atomic E-state index is 0.419. The van der Waals surface area contributed by atoms with Crippen LogP contribution in [0.4, 0.5) is 5.69 Å². The highest BCUT2D eigenvalue weighted by Crippen LogP contribution is 2.30. The van der Waals surface area contributed by atoms with E-state index in [1.165, 1.54) is 47.2 Å². The van der Waals surface area contributed by atoms with E-state index in [1.54, 1.807) is 0 Å². The van der Waals surface area contributed by atoms with E-state index in [9.17, 15) is 0 Å². The van der Waals surface area contributed by atoms with Crippen LogP contribution in [0.1, 0.15) is 36.0 Å². The SMILES string of the molecule is Cc1cc(C)cc(NC2CCCC=C2c2ccccc2)c1. The van der Waals surface area contributed by atoms with Crippen molar-refractivity contribution in [2.24, 2.45) is 0 Å². The number of hydrogen-bond acceptors (Lipinski definition) is 1. The molecule has 0 aromatic heterocycles. The number of rotatable bonds is 3. The number of benzene rings is 2. The molecule has 0 fully saturated rings. The first-order chi connectivity index (χ1) is 10.2. The van der Waals surface area contributed by atoms with Crippen molar-refractivity contribution in [2.75, 3.05) is 5.32 Å². The fourth-order valence-corrected chi connectivity index (χ4v) is 3.24. The van der Waals surface area contributed by atoms with Gasteiger partial charge in [0.2, 0.25) is 0 Å². The van der Waals surface area contributed by atoms with Gasteiger partial charge in [0, 0.05) is 5.69 Å². The fraction of sp³-hybridized carbons (Fsp3) is 0.300. The molecule has 108 valence electrons. The highest BCUT2D eigenvalue weighted by Gasteiger charge is 2.18. The second-order valence-corrected chi connectivity index (χ2v) is 6.03. The Hall–Kier alpha value is -2.02. The highest BCUT2D eigenvalue weighted by atomic mass is 14.9. The lowest BCUT2D eigenvalue weighted by atomic mass is 9.89. The lowest BCUT2D eigenvalue weighted by Crippen LogP contribution is -2.23. The van der Waals surface area contributed by atoms with E-state index in [0.29, 0.717) is 6.04 Å². The van der Waals surface area contributed by atoms with Gasteiger partial charge in [-0.25, -0.2) is 0 Å². The largest absolute Gasteiger partial charge is 0.378 e. The molecule has 0 amide bonds. The minimum Gasteiger partial charge on any atom is -0.378 e. The van der Waals surface area contributed by atoms with E-state index in [1.807, 2.05) is 0 Å². The van der Waals surface area contributed by atoms with Gasteiger partial charge in [0.05, 0.1) is 6.04 Å². The van der Waals surface area contributed by atoms with Crippen molar-refractivity contribution < 1.29 is 0 Å². The average molecular weight is 277 g/mol. The van der Waals surface area contributed by atoms with Crippen molar-refractivity contribution in [1.29, 1.82) is 0 Å². The van der Waals surface area contributed by atoms with Crippen LogP contribution in [-0.4, -0.2) is 6.04 Å². The van der Waals surface area contributed by atoms with Crippen LogP contribution in [0.25, 0.3) is 5.57 Å². The topological polar surface area (TPSA) is 12.0 Å². The Balaban J connectivity index is 1.86. The maximum Gasteiger partial charge on any atom is 0.0516 e. The second kappa shape index (κ2) is 6.17. The van der Waals surface area contributed by atoms with Crippen LogP contribution in [0.5, 0.6) is 0 Å². The Bertz CT molecular complexity index is 620. The molecule has 1 aliphatic carbocycles. The molecule has 1 atom stereocenters. The number of hydrogen-bond donors (Lipinski definition) is 1. The van der Waals surface area contributed by atoms with Crippen molar-refractivity contribution >= 4 is 11.3 Å². The molecule has 0 radical (unpaired) electrons. The average Bonchev–Trinajstić information content (AvgIpc) is 2.48. The first-order valence-electron chi connectivity index (χ1n) is 7.83. The zero-order chi connectivity index (χ0) is 14.7. The maximum absolute atomic E-state index is 3.74. The molecule has 1 aliphatic rings. The van der Waals surface area contributed by atoms with E-state index < -0.39 is 0 Å². The van der Waals surface area contributed by atoms with Gasteiger partial charge in [0.15, 0.2) is 0 Å². The molecule has 0 bridgehead atoms. The van der Waals surface area contributed by atoms with Crippen LogP contribution in [0.2, 0.25) is 0 Å². The van der Waals surface area contributed by atoms with Crippen LogP contribution >= 0.6 is 0 Å². The summed E-state index contributed by atoms with van der Waals surface area (Å²) >= 11 is 0. The normalized spacial score (nSPS) is 18.2. The van der Waals surface area contributed by atoms with Gasteiger partial charge in [-0.3, -0.25) is 0 Å². The maximum atomic E-state index is 3.74. The van der Waals surface area contributed by atoms with Gasteiger partial charge in [-0.15, -0.1) is 0 Å². The Morgan fingerprint density at radius 3 is 2.38 bits per heavy atom.